The highest BCUT2D eigenvalue weighted by Gasteiger charge is 2.26. The zero-order valence-corrected chi connectivity index (χ0v) is 15.9. The van der Waals surface area contributed by atoms with Gasteiger partial charge in [0.25, 0.3) is 5.56 Å². The summed E-state index contributed by atoms with van der Waals surface area (Å²) in [5.74, 6) is 0.750. The monoisotopic (exact) mass is 380 g/mol. The second-order valence-corrected chi connectivity index (χ2v) is 7.18. The van der Waals surface area contributed by atoms with E-state index in [1.54, 1.807) is 19.4 Å². The van der Waals surface area contributed by atoms with Crippen molar-refractivity contribution in [3.63, 3.8) is 0 Å². The van der Waals surface area contributed by atoms with Crippen molar-refractivity contribution in [1.82, 2.24) is 20.0 Å². The molecule has 7 nitrogen and oxygen atoms in total. The van der Waals surface area contributed by atoms with Crippen molar-refractivity contribution < 1.29 is 9.21 Å². The second kappa shape index (κ2) is 7.98. The van der Waals surface area contributed by atoms with Crippen molar-refractivity contribution in [2.24, 2.45) is 7.05 Å². The molecule has 7 heteroatoms. The van der Waals surface area contributed by atoms with Gasteiger partial charge in [-0.2, -0.15) is 5.10 Å². The average Bonchev–Trinajstić information content (AvgIpc) is 3.41. The van der Waals surface area contributed by atoms with E-state index in [0.29, 0.717) is 17.6 Å². The quantitative estimate of drug-likeness (QED) is 0.708. The molecule has 146 valence electrons. The summed E-state index contributed by atoms with van der Waals surface area (Å²) in [5.41, 5.74) is 0.442. The lowest BCUT2D eigenvalue weighted by molar-refractivity contribution is -0.120. The zero-order chi connectivity index (χ0) is 19.5. The lowest BCUT2D eigenvalue weighted by Gasteiger charge is -2.26. The lowest BCUT2D eigenvalue weighted by Crippen LogP contribution is -2.37. The summed E-state index contributed by atoms with van der Waals surface area (Å²) >= 11 is 0. The molecule has 0 spiro atoms. The van der Waals surface area contributed by atoms with E-state index < -0.39 is 0 Å². The highest BCUT2D eigenvalue weighted by atomic mass is 16.3. The normalized spacial score (nSPS) is 15.8. The third-order valence-corrected chi connectivity index (χ3v) is 5.31. The number of amides is 1. The van der Waals surface area contributed by atoms with Gasteiger partial charge >= 0.3 is 0 Å². The highest BCUT2D eigenvalue weighted by Crippen LogP contribution is 2.25. The molecule has 0 bridgehead atoms. The van der Waals surface area contributed by atoms with Crippen LogP contribution < -0.4 is 10.9 Å². The van der Waals surface area contributed by atoms with Crippen LogP contribution in [0.25, 0.3) is 10.8 Å². The molecule has 0 saturated carbocycles. The van der Waals surface area contributed by atoms with E-state index in [2.05, 4.69) is 15.3 Å². The molecule has 1 aromatic carbocycles. The van der Waals surface area contributed by atoms with Gasteiger partial charge in [-0.25, -0.2) is 4.68 Å². The number of aryl methyl sites for hydroxylation is 1. The average molecular weight is 380 g/mol. The highest BCUT2D eigenvalue weighted by molar-refractivity contribution is 5.88. The first-order chi connectivity index (χ1) is 13.6. The van der Waals surface area contributed by atoms with Crippen LogP contribution in [0.3, 0.4) is 0 Å². The molecule has 0 aliphatic carbocycles. The van der Waals surface area contributed by atoms with Gasteiger partial charge in [-0.05, 0) is 44.1 Å². The first kappa shape index (κ1) is 18.4. The number of rotatable bonds is 6. The summed E-state index contributed by atoms with van der Waals surface area (Å²) in [4.78, 5) is 27.2. The SMILES string of the molecule is Cn1nc(CC(=O)NC[C@H](c2ccco2)N2CCCC2)c2ccccc2c1=O. The molecule has 1 N–H and O–H groups in total. The Balaban J connectivity index is 1.49. The summed E-state index contributed by atoms with van der Waals surface area (Å²) in [7, 11) is 1.61. The predicted octanol–water partition coefficient (Wildman–Crippen LogP) is 2.02. The number of fused-ring (bicyclic) bond motifs is 1. The largest absolute Gasteiger partial charge is 0.468 e. The molecule has 1 atom stereocenters. The smallest absolute Gasteiger partial charge is 0.274 e. The van der Waals surface area contributed by atoms with Crippen LogP contribution in [0.2, 0.25) is 0 Å². The van der Waals surface area contributed by atoms with Crippen LogP contribution in [-0.2, 0) is 18.3 Å². The standard InChI is InChI=1S/C21H24N4O3/c1-24-21(27)16-8-3-2-7-15(16)17(23-24)13-20(26)22-14-18(19-9-6-12-28-19)25-10-4-5-11-25/h2-3,6-9,12,18H,4-5,10-11,13-14H2,1H3,(H,22,26)/t18-/m1/s1. The van der Waals surface area contributed by atoms with Gasteiger partial charge in [-0.15, -0.1) is 0 Å². The Morgan fingerprint density at radius 2 is 1.93 bits per heavy atom. The maximum atomic E-state index is 12.7. The van der Waals surface area contributed by atoms with Crippen LogP contribution in [0.4, 0.5) is 0 Å². The van der Waals surface area contributed by atoms with Gasteiger partial charge in [0.1, 0.15) is 5.76 Å². The van der Waals surface area contributed by atoms with Crippen LogP contribution in [0.15, 0.2) is 51.9 Å². The molecule has 1 fully saturated rings. The molecule has 0 radical (unpaired) electrons. The van der Waals surface area contributed by atoms with Gasteiger partial charge in [-0.3, -0.25) is 14.5 Å². The minimum atomic E-state index is -0.160. The number of hydrogen-bond donors (Lipinski definition) is 1. The third-order valence-electron chi connectivity index (χ3n) is 5.31. The fourth-order valence-electron chi connectivity index (χ4n) is 3.88. The van der Waals surface area contributed by atoms with E-state index in [1.807, 2.05) is 30.3 Å². The number of carbonyl (C=O) groups excluding carboxylic acids is 1. The number of aromatic nitrogens is 2. The number of likely N-dealkylation sites (tertiary alicyclic amines) is 1. The topological polar surface area (TPSA) is 80.4 Å². The Morgan fingerprint density at radius 3 is 2.64 bits per heavy atom. The molecule has 2 aromatic heterocycles. The van der Waals surface area contributed by atoms with E-state index in [0.717, 1.165) is 24.2 Å². The predicted molar refractivity (Wildman–Crippen MR) is 106 cm³/mol. The van der Waals surface area contributed by atoms with Crippen molar-refractivity contribution in [1.29, 1.82) is 0 Å². The Hall–Kier alpha value is -2.93. The molecule has 4 rings (SSSR count). The van der Waals surface area contributed by atoms with E-state index in [9.17, 15) is 9.59 Å². The molecule has 3 aromatic rings. The molecule has 1 saturated heterocycles. The maximum Gasteiger partial charge on any atom is 0.274 e. The van der Waals surface area contributed by atoms with Crippen LogP contribution in [-0.4, -0.2) is 40.2 Å². The number of nitrogens with one attached hydrogen (secondary N) is 1. The minimum Gasteiger partial charge on any atom is -0.468 e. The van der Waals surface area contributed by atoms with Crippen molar-refractivity contribution in [2.75, 3.05) is 19.6 Å². The zero-order valence-electron chi connectivity index (χ0n) is 15.9. The molecule has 1 aliphatic rings. The fourth-order valence-corrected chi connectivity index (χ4v) is 3.88. The van der Waals surface area contributed by atoms with Crippen molar-refractivity contribution >= 4 is 16.7 Å². The van der Waals surface area contributed by atoms with Gasteiger partial charge in [0.15, 0.2) is 0 Å². The van der Waals surface area contributed by atoms with Crippen LogP contribution in [0.1, 0.15) is 30.3 Å². The number of nitrogens with zero attached hydrogens (tertiary/aromatic N) is 3. The Morgan fingerprint density at radius 1 is 1.18 bits per heavy atom. The minimum absolute atomic E-state index is 0.0336. The number of furan rings is 1. The summed E-state index contributed by atoms with van der Waals surface area (Å²) in [6, 6.07) is 11.1. The molecule has 3 heterocycles. The van der Waals surface area contributed by atoms with Crippen LogP contribution in [0.5, 0.6) is 0 Å². The molecule has 0 unspecified atom stereocenters. The fraction of sp³-hybridized carbons (Fsp3) is 0.381. The Bertz CT molecular complexity index is 1020. The summed E-state index contributed by atoms with van der Waals surface area (Å²) in [6.45, 7) is 2.50. The molecular formula is C21H24N4O3. The van der Waals surface area contributed by atoms with Gasteiger partial charge in [0.05, 0.1) is 29.8 Å². The van der Waals surface area contributed by atoms with E-state index >= 15 is 0 Å². The summed E-state index contributed by atoms with van der Waals surface area (Å²) < 4.78 is 6.89. The third kappa shape index (κ3) is 3.71. The number of benzene rings is 1. The molecule has 28 heavy (non-hydrogen) atoms. The van der Waals surface area contributed by atoms with E-state index in [1.165, 1.54) is 17.5 Å². The molecular weight excluding hydrogens is 356 g/mol. The van der Waals surface area contributed by atoms with Gasteiger partial charge in [-0.1, -0.05) is 18.2 Å². The lowest BCUT2D eigenvalue weighted by atomic mass is 10.1. The molecule has 1 amide bonds. The van der Waals surface area contributed by atoms with Crippen molar-refractivity contribution in [3.05, 3.63) is 64.5 Å². The van der Waals surface area contributed by atoms with Crippen LogP contribution in [0, 0.1) is 0 Å². The van der Waals surface area contributed by atoms with Gasteiger partial charge < -0.3 is 9.73 Å². The Labute approximate surface area is 162 Å². The molecule has 1 aliphatic heterocycles. The number of carbonyl (C=O) groups is 1. The van der Waals surface area contributed by atoms with Crippen LogP contribution >= 0.6 is 0 Å². The van der Waals surface area contributed by atoms with Crippen molar-refractivity contribution in [2.45, 2.75) is 25.3 Å². The van der Waals surface area contributed by atoms with E-state index in [-0.39, 0.29) is 23.9 Å². The first-order valence-electron chi connectivity index (χ1n) is 9.62. The first-order valence-corrected chi connectivity index (χ1v) is 9.62. The van der Waals surface area contributed by atoms with Gasteiger partial charge in [0.2, 0.25) is 5.91 Å². The number of hydrogen-bond acceptors (Lipinski definition) is 5. The summed E-state index contributed by atoms with van der Waals surface area (Å²) in [6.07, 6.45) is 4.12. The Kier molecular flexibility index (Phi) is 5.25. The van der Waals surface area contributed by atoms with E-state index in [4.69, 9.17) is 4.42 Å². The second-order valence-electron chi connectivity index (χ2n) is 7.18. The maximum absolute atomic E-state index is 12.7. The van der Waals surface area contributed by atoms with Gasteiger partial charge in [0, 0.05) is 19.0 Å². The summed E-state index contributed by atoms with van der Waals surface area (Å²) in [5, 5.41) is 8.64. The van der Waals surface area contributed by atoms with Crippen molar-refractivity contribution in [3.8, 4) is 0 Å².